The summed E-state index contributed by atoms with van der Waals surface area (Å²) in [4.78, 5) is 15.7. The van der Waals surface area contributed by atoms with Gasteiger partial charge in [0.25, 0.3) is 0 Å². The molecule has 126 valence electrons. The zero-order chi connectivity index (χ0) is 15.1. The van der Waals surface area contributed by atoms with Gasteiger partial charge in [-0.25, -0.2) is 0 Å². The zero-order valence-electron chi connectivity index (χ0n) is 13.1. The van der Waals surface area contributed by atoms with Gasteiger partial charge in [0.1, 0.15) is 0 Å². The first-order chi connectivity index (χ1) is 10.1. The van der Waals surface area contributed by atoms with Gasteiger partial charge in [-0.3, -0.25) is 9.78 Å². The van der Waals surface area contributed by atoms with Gasteiger partial charge >= 0.3 is 0 Å². The van der Waals surface area contributed by atoms with E-state index in [0.29, 0.717) is 12.8 Å². The molecule has 0 spiro atoms. The van der Waals surface area contributed by atoms with Crippen molar-refractivity contribution in [2.45, 2.75) is 32.2 Å². The zero-order valence-corrected chi connectivity index (χ0v) is 14.7. The summed E-state index contributed by atoms with van der Waals surface area (Å²) in [5, 5.41) is 2.88. The molecule has 0 bridgehead atoms. The van der Waals surface area contributed by atoms with Crippen LogP contribution in [-0.2, 0) is 11.2 Å². The molecule has 2 rings (SSSR count). The van der Waals surface area contributed by atoms with Crippen LogP contribution in [0.5, 0.6) is 0 Å². The summed E-state index contributed by atoms with van der Waals surface area (Å²) >= 11 is 0. The predicted molar refractivity (Wildman–Crippen MR) is 99.5 cm³/mol. The van der Waals surface area contributed by atoms with E-state index in [1.54, 1.807) is 12.4 Å². The Balaban J connectivity index is 0.00000242. The highest BCUT2D eigenvalue weighted by Gasteiger charge is 2.04. The number of nitrogens with two attached hydrogens (primary N) is 1. The molecule has 0 saturated heterocycles. The van der Waals surface area contributed by atoms with Crippen LogP contribution in [0.1, 0.15) is 30.9 Å². The van der Waals surface area contributed by atoms with E-state index in [1.807, 2.05) is 43.3 Å². The Morgan fingerprint density at radius 2 is 1.65 bits per heavy atom. The third-order valence-electron chi connectivity index (χ3n) is 3.22. The second-order valence-corrected chi connectivity index (χ2v) is 5.29. The number of carbonyl (C=O) groups excluding carboxylic acids is 1. The van der Waals surface area contributed by atoms with Gasteiger partial charge in [-0.2, -0.15) is 0 Å². The van der Waals surface area contributed by atoms with Gasteiger partial charge in [0.05, 0.1) is 0 Å². The second kappa shape index (κ2) is 11.0. The number of amides is 1. The molecular formula is C17H23Cl2N3O. The largest absolute Gasteiger partial charge is 0.328 e. The van der Waals surface area contributed by atoms with Crippen LogP contribution < -0.4 is 11.1 Å². The first kappa shape index (κ1) is 21.4. The number of hydrogen-bond donors (Lipinski definition) is 2. The Labute approximate surface area is 149 Å². The lowest BCUT2D eigenvalue weighted by atomic mass is 10.1. The number of benzene rings is 1. The normalized spacial score (nSPS) is 10.9. The Bertz CT molecular complexity index is 574. The van der Waals surface area contributed by atoms with Gasteiger partial charge in [0.15, 0.2) is 0 Å². The van der Waals surface area contributed by atoms with Crippen LogP contribution in [0.15, 0.2) is 48.8 Å². The predicted octanol–water partition coefficient (Wildman–Crippen LogP) is 3.58. The van der Waals surface area contributed by atoms with Crippen LogP contribution in [0.4, 0.5) is 5.69 Å². The number of nitrogens with one attached hydrogen (secondary N) is 1. The molecule has 6 heteroatoms. The molecule has 0 aliphatic heterocycles. The lowest BCUT2D eigenvalue weighted by molar-refractivity contribution is -0.116. The number of halogens is 2. The minimum atomic E-state index is 0. The summed E-state index contributed by atoms with van der Waals surface area (Å²) in [5.74, 6) is 0.00850. The van der Waals surface area contributed by atoms with Crippen molar-refractivity contribution in [3.8, 4) is 0 Å². The highest BCUT2D eigenvalue weighted by molar-refractivity contribution is 5.90. The average molecular weight is 356 g/mol. The fraction of sp³-hybridized carbons (Fsp3) is 0.294. The van der Waals surface area contributed by atoms with Crippen LogP contribution in [0.25, 0.3) is 0 Å². The van der Waals surface area contributed by atoms with E-state index in [2.05, 4.69) is 10.3 Å². The Kier molecular flexibility index (Phi) is 10.2. The van der Waals surface area contributed by atoms with Crippen molar-refractivity contribution in [3.05, 3.63) is 59.9 Å². The van der Waals surface area contributed by atoms with Crippen molar-refractivity contribution in [1.82, 2.24) is 4.98 Å². The maximum atomic E-state index is 11.7. The summed E-state index contributed by atoms with van der Waals surface area (Å²) in [7, 11) is 0. The second-order valence-electron chi connectivity index (χ2n) is 5.29. The summed E-state index contributed by atoms with van der Waals surface area (Å²) in [6, 6.07) is 12.0. The molecule has 0 aliphatic carbocycles. The van der Waals surface area contributed by atoms with Gasteiger partial charge in [-0.15, -0.1) is 24.8 Å². The number of hydrogen-bond acceptors (Lipinski definition) is 3. The average Bonchev–Trinajstić information content (AvgIpc) is 2.48. The molecule has 1 aromatic carbocycles. The van der Waals surface area contributed by atoms with Crippen molar-refractivity contribution in [2.24, 2.45) is 5.73 Å². The van der Waals surface area contributed by atoms with Crippen LogP contribution in [0.2, 0.25) is 0 Å². The number of nitrogens with zero attached hydrogens (tertiary/aromatic N) is 1. The van der Waals surface area contributed by atoms with Crippen molar-refractivity contribution in [3.63, 3.8) is 0 Å². The molecule has 4 nitrogen and oxygen atoms in total. The number of carbonyl (C=O) groups is 1. The molecule has 2 aromatic rings. The molecule has 0 saturated carbocycles. The number of pyridine rings is 1. The fourth-order valence-corrected chi connectivity index (χ4v) is 2.02. The highest BCUT2D eigenvalue weighted by atomic mass is 35.5. The minimum absolute atomic E-state index is 0. The third kappa shape index (κ3) is 7.98. The lowest BCUT2D eigenvalue weighted by Crippen LogP contribution is -2.19. The molecule has 0 radical (unpaired) electrons. The lowest BCUT2D eigenvalue weighted by Gasteiger charge is -2.08. The summed E-state index contributed by atoms with van der Waals surface area (Å²) in [6.45, 7) is 1.90. The highest BCUT2D eigenvalue weighted by Crippen LogP contribution is 2.13. The maximum Gasteiger partial charge on any atom is 0.224 e. The van der Waals surface area contributed by atoms with Crippen LogP contribution in [0.3, 0.4) is 0 Å². The molecule has 1 unspecified atom stereocenters. The first-order valence-corrected chi connectivity index (χ1v) is 7.17. The molecule has 1 aromatic heterocycles. The maximum absolute atomic E-state index is 11.7. The Hall–Kier alpha value is -1.62. The van der Waals surface area contributed by atoms with Crippen molar-refractivity contribution in [1.29, 1.82) is 0 Å². The van der Waals surface area contributed by atoms with E-state index in [0.717, 1.165) is 12.1 Å². The first-order valence-electron chi connectivity index (χ1n) is 7.17. The quantitative estimate of drug-likeness (QED) is 0.831. The monoisotopic (exact) mass is 355 g/mol. The fourth-order valence-electron chi connectivity index (χ4n) is 2.02. The van der Waals surface area contributed by atoms with Crippen LogP contribution >= 0.6 is 24.8 Å². The molecular weight excluding hydrogens is 333 g/mol. The van der Waals surface area contributed by atoms with Gasteiger partial charge < -0.3 is 11.1 Å². The van der Waals surface area contributed by atoms with Crippen LogP contribution in [-0.4, -0.2) is 16.9 Å². The molecule has 1 atom stereocenters. The number of aromatic nitrogens is 1. The van der Waals surface area contributed by atoms with E-state index in [1.165, 1.54) is 11.1 Å². The van der Waals surface area contributed by atoms with E-state index >= 15 is 0 Å². The van der Waals surface area contributed by atoms with Gasteiger partial charge in [-0.1, -0.05) is 12.1 Å². The summed E-state index contributed by atoms with van der Waals surface area (Å²) in [6.07, 6.45) is 5.61. The molecule has 0 fully saturated rings. The van der Waals surface area contributed by atoms with Gasteiger partial charge in [-0.05, 0) is 55.2 Å². The van der Waals surface area contributed by atoms with Crippen molar-refractivity contribution < 1.29 is 4.79 Å². The minimum Gasteiger partial charge on any atom is -0.328 e. The molecule has 1 amide bonds. The van der Waals surface area contributed by atoms with Crippen molar-refractivity contribution >= 4 is 36.4 Å². The van der Waals surface area contributed by atoms with E-state index < -0.39 is 0 Å². The Morgan fingerprint density at radius 3 is 2.22 bits per heavy atom. The Morgan fingerprint density at radius 1 is 1.09 bits per heavy atom. The summed E-state index contributed by atoms with van der Waals surface area (Å²) < 4.78 is 0. The molecule has 1 heterocycles. The van der Waals surface area contributed by atoms with E-state index in [4.69, 9.17) is 5.73 Å². The SMILES string of the molecule is CC(N)CCC(=O)Nc1ccc(Cc2ccncc2)cc1.Cl.Cl. The molecule has 0 aliphatic rings. The summed E-state index contributed by atoms with van der Waals surface area (Å²) in [5.41, 5.74) is 8.89. The van der Waals surface area contributed by atoms with Gasteiger partial charge in [0, 0.05) is 30.5 Å². The van der Waals surface area contributed by atoms with Gasteiger partial charge in [0.2, 0.25) is 5.91 Å². The standard InChI is InChI=1S/C17H21N3O.2ClH/c1-13(18)2-7-17(21)20-16-5-3-14(4-6-16)12-15-8-10-19-11-9-15;;/h3-6,8-11,13H,2,7,12,18H2,1H3,(H,20,21);2*1H. The number of anilines is 1. The smallest absolute Gasteiger partial charge is 0.224 e. The van der Waals surface area contributed by atoms with Crippen molar-refractivity contribution in [2.75, 3.05) is 5.32 Å². The van der Waals surface area contributed by atoms with Crippen LogP contribution in [0, 0.1) is 0 Å². The molecule has 23 heavy (non-hydrogen) atoms. The molecule has 3 N–H and O–H groups in total. The van der Waals surface area contributed by atoms with E-state index in [-0.39, 0.29) is 36.8 Å². The third-order valence-corrected chi connectivity index (χ3v) is 3.22. The topological polar surface area (TPSA) is 68.0 Å². The number of rotatable bonds is 6. The van der Waals surface area contributed by atoms with E-state index in [9.17, 15) is 4.79 Å².